The van der Waals surface area contributed by atoms with Crippen LogP contribution >= 0.6 is 11.8 Å². The molecule has 0 aromatic carbocycles. The fourth-order valence-electron chi connectivity index (χ4n) is 5.72. The average molecular weight is 648 g/mol. The lowest BCUT2D eigenvalue weighted by atomic mass is 10.0. The summed E-state index contributed by atoms with van der Waals surface area (Å²) in [4.78, 5) is 70.5. The van der Waals surface area contributed by atoms with Gasteiger partial charge in [-0.3, -0.25) is 23.7 Å². The number of urea groups is 1. The first-order chi connectivity index (χ1) is 20.3. The summed E-state index contributed by atoms with van der Waals surface area (Å²) in [5.41, 5.74) is 0. The Kier molecular flexibility index (Phi) is 12.2. The Labute approximate surface area is 254 Å². The molecule has 5 atom stereocenters. The van der Waals surface area contributed by atoms with Crippen LogP contribution in [0.1, 0.15) is 90.4 Å². The molecule has 2 unspecified atom stereocenters. The number of nitrogens with zero attached hydrogens (tertiary/aromatic N) is 1. The second kappa shape index (κ2) is 15.2. The number of aliphatic carboxylic acids is 1. The number of carboxylic acid groups (broad SMARTS) is 1. The number of amides is 6. The molecule has 3 aliphatic rings. The Hall–Kier alpha value is -2.92. The van der Waals surface area contributed by atoms with Gasteiger partial charge in [-0.2, -0.15) is 20.2 Å². The first-order valence-corrected chi connectivity index (χ1v) is 17.1. The van der Waals surface area contributed by atoms with E-state index in [2.05, 4.69) is 21.3 Å². The van der Waals surface area contributed by atoms with Crippen molar-refractivity contribution >= 4 is 57.5 Å². The number of nitrogens with one attached hydrogen (secondary N) is 4. The highest BCUT2D eigenvalue weighted by atomic mass is 32.2. The summed E-state index contributed by atoms with van der Waals surface area (Å²) < 4.78 is 34.6. The SMILES string of the molecule is CCCCCC(=O)NC(CCCC(C(=O)O)(N1C(=O)CCC1=O)S(=O)(=O)O)NC(=O)CCCC[C@@H]1SC[C@@H]2NC(=O)N[C@@H]21. The number of fused-ring (bicyclic) bond motifs is 1. The molecule has 242 valence electrons. The number of hydrogen-bond acceptors (Lipinski definition) is 9. The molecule has 3 heterocycles. The zero-order valence-corrected chi connectivity index (χ0v) is 25.8. The lowest BCUT2D eigenvalue weighted by molar-refractivity contribution is -0.157. The minimum absolute atomic E-state index is 0.0606. The Morgan fingerprint density at radius 1 is 1.00 bits per heavy atom. The van der Waals surface area contributed by atoms with Crippen molar-refractivity contribution in [3.05, 3.63) is 0 Å². The summed E-state index contributed by atoms with van der Waals surface area (Å²) in [6, 6.07) is -0.00130. The number of likely N-dealkylation sites (tertiary alicyclic amines) is 1. The molecule has 3 rings (SSSR count). The Morgan fingerprint density at radius 3 is 2.16 bits per heavy atom. The zero-order valence-electron chi connectivity index (χ0n) is 24.1. The van der Waals surface area contributed by atoms with Crippen molar-refractivity contribution in [2.75, 3.05) is 5.75 Å². The lowest BCUT2D eigenvalue weighted by Gasteiger charge is -2.34. The van der Waals surface area contributed by atoms with Gasteiger partial charge in [-0.25, -0.2) is 14.5 Å². The van der Waals surface area contributed by atoms with E-state index in [9.17, 15) is 46.8 Å². The quantitative estimate of drug-likeness (QED) is 0.0401. The maximum absolute atomic E-state index is 12.8. The molecule has 17 heteroatoms. The maximum atomic E-state index is 12.8. The van der Waals surface area contributed by atoms with Gasteiger partial charge in [0.1, 0.15) is 6.17 Å². The topological polar surface area (TPSA) is 228 Å². The number of rotatable bonds is 18. The minimum Gasteiger partial charge on any atom is -0.479 e. The van der Waals surface area contributed by atoms with Crippen molar-refractivity contribution < 1.29 is 46.8 Å². The molecule has 0 aromatic rings. The summed E-state index contributed by atoms with van der Waals surface area (Å²) in [5, 5.41) is 21.3. The van der Waals surface area contributed by atoms with E-state index in [1.807, 2.05) is 6.92 Å². The molecule has 43 heavy (non-hydrogen) atoms. The summed E-state index contributed by atoms with van der Waals surface area (Å²) >= 11 is 1.77. The van der Waals surface area contributed by atoms with E-state index >= 15 is 0 Å². The lowest BCUT2D eigenvalue weighted by Crippen LogP contribution is -2.61. The van der Waals surface area contributed by atoms with E-state index < -0.39 is 45.4 Å². The molecule has 3 aliphatic heterocycles. The van der Waals surface area contributed by atoms with Crippen molar-refractivity contribution in [1.82, 2.24) is 26.2 Å². The molecule has 0 aromatic heterocycles. The molecular weight excluding hydrogens is 606 g/mol. The number of imide groups is 1. The van der Waals surface area contributed by atoms with Gasteiger partial charge in [0.25, 0.3) is 4.87 Å². The van der Waals surface area contributed by atoms with Gasteiger partial charge in [0.05, 0.1) is 12.1 Å². The normalized spacial score (nSPS) is 23.7. The van der Waals surface area contributed by atoms with Crippen LogP contribution < -0.4 is 21.3 Å². The van der Waals surface area contributed by atoms with Gasteiger partial charge in [-0.05, 0) is 38.5 Å². The second-order valence-electron chi connectivity index (χ2n) is 11.1. The van der Waals surface area contributed by atoms with Gasteiger partial charge in [0.15, 0.2) is 0 Å². The van der Waals surface area contributed by atoms with E-state index in [-0.39, 0.29) is 78.6 Å². The van der Waals surface area contributed by atoms with Crippen LogP contribution in [0.5, 0.6) is 0 Å². The van der Waals surface area contributed by atoms with E-state index in [1.165, 1.54) is 0 Å². The predicted octanol–water partition coefficient (Wildman–Crippen LogP) is 0.839. The predicted molar refractivity (Wildman–Crippen MR) is 155 cm³/mol. The molecular formula is C26H41N5O10S2. The zero-order chi connectivity index (χ0) is 31.8. The fourth-order valence-corrected chi connectivity index (χ4v) is 8.32. The standard InChI is InChI=1S/C26H41N5O10S2/c1-2-3-4-10-19(32)28-18(29-20(33)11-6-5-8-17-23-16(15-42-17)27-25(38)30-23)9-7-14-26(24(36)37,43(39,40)41)31-21(34)12-13-22(31)35/h16-18,23H,2-15H2,1H3,(H,28,32)(H,29,33)(H,36,37)(H2,27,30,38)(H,39,40,41)/t16-,17-,18?,23-,26?/m0/s1. The number of carbonyl (C=O) groups excluding carboxylic acids is 5. The maximum Gasteiger partial charge on any atom is 0.348 e. The molecule has 6 amide bonds. The highest BCUT2D eigenvalue weighted by Crippen LogP contribution is 2.34. The second-order valence-corrected chi connectivity index (χ2v) is 14.0. The molecule has 15 nitrogen and oxygen atoms in total. The van der Waals surface area contributed by atoms with Crippen LogP contribution in [0.15, 0.2) is 0 Å². The Bertz CT molecular complexity index is 1180. The van der Waals surface area contributed by atoms with Crippen molar-refractivity contribution in [2.24, 2.45) is 0 Å². The van der Waals surface area contributed by atoms with Gasteiger partial charge in [0.2, 0.25) is 23.6 Å². The highest BCUT2D eigenvalue weighted by molar-refractivity contribution is 8.00. The van der Waals surface area contributed by atoms with Crippen molar-refractivity contribution in [2.45, 2.75) is 119 Å². The number of carbonyl (C=O) groups is 6. The highest BCUT2D eigenvalue weighted by Gasteiger charge is 2.60. The van der Waals surface area contributed by atoms with Crippen LogP contribution in [-0.4, -0.2) is 92.7 Å². The molecule has 3 fully saturated rings. The van der Waals surface area contributed by atoms with Crippen LogP contribution in [-0.2, 0) is 34.1 Å². The molecule has 0 radical (unpaired) electrons. The third-order valence-electron chi connectivity index (χ3n) is 7.94. The van der Waals surface area contributed by atoms with Gasteiger partial charge in [-0.1, -0.05) is 26.2 Å². The van der Waals surface area contributed by atoms with Crippen molar-refractivity contribution in [3.8, 4) is 0 Å². The first kappa shape index (κ1) is 34.6. The molecule has 0 aliphatic carbocycles. The minimum atomic E-state index is -5.48. The van der Waals surface area contributed by atoms with Gasteiger partial charge in [-0.15, -0.1) is 0 Å². The van der Waals surface area contributed by atoms with Crippen molar-refractivity contribution in [3.63, 3.8) is 0 Å². The third-order valence-corrected chi connectivity index (χ3v) is 10.9. The van der Waals surface area contributed by atoms with Crippen LogP contribution in [0, 0.1) is 0 Å². The van der Waals surface area contributed by atoms with Crippen LogP contribution in [0.4, 0.5) is 4.79 Å². The van der Waals surface area contributed by atoms with Crippen LogP contribution in [0.2, 0.25) is 0 Å². The largest absolute Gasteiger partial charge is 0.479 e. The van der Waals surface area contributed by atoms with E-state index in [0.29, 0.717) is 12.8 Å². The smallest absolute Gasteiger partial charge is 0.348 e. The van der Waals surface area contributed by atoms with E-state index in [1.54, 1.807) is 11.8 Å². The summed E-state index contributed by atoms with van der Waals surface area (Å²) in [6.07, 6.45) is 1.71. The van der Waals surface area contributed by atoms with Crippen LogP contribution in [0.3, 0.4) is 0 Å². The third kappa shape index (κ3) is 8.59. The fraction of sp³-hybridized carbons (Fsp3) is 0.769. The number of unbranched alkanes of at least 4 members (excludes halogenated alkanes) is 3. The van der Waals surface area contributed by atoms with Crippen LogP contribution in [0.25, 0.3) is 0 Å². The molecule has 3 saturated heterocycles. The monoisotopic (exact) mass is 647 g/mol. The number of carboxylic acids is 1. The summed E-state index contributed by atoms with van der Waals surface area (Å²) in [7, 11) is -5.48. The van der Waals surface area contributed by atoms with E-state index in [4.69, 9.17) is 0 Å². The molecule has 0 spiro atoms. The van der Waals surface area contributed by atoms with Gasteiger partial charge >= 0.3 is 22.1 Å². The first-order valence-electron chi connectivity index (χ1n) is 14.6. The summed E-state index contributed by atoms with van der Waals surface area (Å²) in [6.45, 7) is 1.98. The Balaban J connectivity index is 1.59. The summed E-state index contributed by atoms with van der Waals surface area (Å²) in [5.74, 6) is -4.05. The van der Waals surface area contributed by atoms with E-state index in [0.717, 1.165) is 31.4 Å². The Morgan fingerprint density at radius 2 is 1.60 bits per heavy atom. The van der Waals surface area contributed by atoms with Crippen molar-refractivity contribution in [1.29, 1.82) is 0 Å². The average Bonchev–Trinajstić information content (AvgIpc) is 3.57. The van der Waals surface area contributed by atoms with Gasteiger partial charge < -0.3 is 26.4 Å². The number of thioether (sulfide) groups is 1. The molecule has 6 N–H and O–H groups in total. The molecule has 0 saturated carbocycles. The molecule has 0 bridgehead atoms. The number of hydrogen-bond donors (Lipinski definition) is 6. The van der Waals surface area contributed by atoms with Gasteiger partial charge in [0, 0.05) is 36.7 Å².